The molecule has 1 N–H and O–H groups in total. The Kier molecular flexibility index (Phi) is 4.78. The first-order valence-corrected chi connectivity index (χ1v) is 7.12. The van der Waals surface area contributed by atoms with Crippen molar-refractivity contribution in [3.8, 4) is 0 Å². The molecule has 2 atom stereocenters. The Morgan fingerprint density at radius 2 is 2.33 bits per heavy atom. The normalized spacial score (nSPS) is 25.5. The Labute approximate surface area is 110 Å². The molecule has 1 fully saturated rings. The fourth-order valence-electron chi connectivity index (χ4n) is 3.21. The highest BCUT2D eigenvalue weighted by molar-refractivity contribution is 5.09. The first kappa shape index (κ1) is 13.6. The van der Waals surface area contributed by atoms with Crippen molar-refractivity contribution in [1.29, 1.82) is 0 Å². The molecule has 0 aliphatic carbocycles. The predicted octanol–water partition coefficient (Wildman–Crippen LogP) is 1.90. The number of piperidine rings is 1. The molecule has 1 aromatic heterocycles. The number of nitrogens with one attached hydrogen (secondary N) is 1. The molecular formula is C14H26N4. The third kappa shape index (κ3) is 2.75. The molecule has 0 radical (unpaired) electrons. The maximum Gasteiger partial charge on any atom is 0.0948 e. The Morgan fingerprint density at radius 1 is 1.50 bits per heavy atom. The summed E-state index contributed by atoms with van der Waals surface area (Å²) >= 11 is 0. The summed E-state index contributed by atoms with van der Waals surface area (Å²) in [7, 11) is 4.30. The second-order valence-corrected chi connectivity index (χ2v) is 5.40. The molecular weight excluding hydrogens is 224 g/mol. The van der Waals surface area contributed by atoms with Crippen LogP contribution in [0.1, 0.15) is 37.9 Å². The number of imidazole rings is 1. The van der Waals surface area contributed by atoms with Gasteiger partial charge >= 0.3 is 0 Å². The van der Waals surface area contributed by atoms with Crippen molar-refractivity contribution < 1.29 is 0 Å². The highest BCUT2D eigenvalue weighted by Crippen LogP contribution is 2.34. The number of nitrogens with zero attached hydrogens (tertiary/aromatic N) is 3. The average Bonchev–Trinajstić information content (AvgIpc) is 2.78. The molecule has 2 heterocycles. The topological polar surface area (TPSA) is 33.1 Å². The molecule has 102 valence electrons. The molecule has 1 aromatic rings. The second kappa shape index (κ2) is 6.34. The minimum atomic E-state index is 0.514. The summed E-state index contributed by atoms with van der Waals surface area (Å²) in [6.45, 7) is 5.58. The number of rotatable bonds is 5. The van der Waals surface area contributed by atoms with Crippen LogP contribution in [0.3, 0.4) is 0 Å². The Bertz CT molecular complexity index is 358. The number of aryl methyl sites for hydroxylation is 1. The molecule has 4 nitrogen and oxygen atoms in total. The van der Waals surface area contributed by atoms with Gasteiger partial charge in [-0.3, -0.25) is 4.90 Å². The van der Waals surface area contributed by atoms with Crippen LogP contribution >= 0.6 is 0 Å². The van der Waals surface area contributed by atoms with Crippen molar-refractivity contribution in [3.63, 3.8) is 0 Å². The van der Waals surface area contributed by atoms with Crippen molar-refractivity contribution in [2.24, 2.45) is 5.92 Å². The van der Waals surface area contributed by atoms with Crippen molar-refractivity contribution >= 4 is 0 Å². The van der Waals surface area contributed by atoms with E-state index in [0.29, 0.717) is 12.0 Å². The molecule has 0 amide bonds. The summed E-state index contributed by atoms with van der Waals surface area (Å²) in [6, 6.07) is 0.514. The Hall–Kier alpha value is -0.870. The molecule has 4 heteroatoms. The molecule has 0 saturated carbocycles. The number of hydrogen-bond acceptors (Lipinski definition) is 3. The van der Waals surface area contributed by atoms with Crippen LogP contribution in [-0.2, 0) is 6.54 Å². The van der Waals surface area contributed by atoms with E-state index in [1.54, 1.807) is 0 Å². The van der Waals surface area contributed by atoms with E-state index in [1.807, 2.05) is 6.33 Å². The summed E-state index contributed by atoms with van der Waals surface area (Å²) < 4.78 is 2.33. The molecule has 0 aromatic carbocycles. The van der Waals surface area contributed by atoms with Crippen LogP contribution in [0, 0.1) is 5.92 Å². The summed E-state index contributed by atoms with van der Waals surface area (Å²) in [4.78, 5) is 6.86. The van der Waals surface area contributed by atoms with Crippen LogP contribution < -0.4 is 5.32 Å². The lowest BCUT2D eigenvalue weighted by Crippen LogP contribution is -2.40. The van der Waals surface area contributed by atoms with E-state index >= 15 is 0 Å². The van der Waals surface area contributed by atoms with Gasteiger partial charge in [-0.15, -0.1) is 0 Å². The lowest BCUT2D eigenvalue weighted by Gasteiger charge is -2.39. The molecule has 1 saturated heterocycles. The zero-order valence-corrected chi connectivity index (χ0v) is 11.9. The van der Waals surface area contributed by atoms with Crippen LogP contribution in [0.2, 0.25) is 0 Å². The zero-order chi connectivity index (χ0) is 13.0. The van der Waals surface area contributed by atoms with Gasteiger partial charge < -0.3 is 9.88 Å². The van der Waals surface area contributed by atoms with Gasteiger partial charge in [-0.05, 0) is 52.4 Å². The van der Waals surface area contributed by atoms with Crippen molar-refractivity contribution in [2.45, 2.75) is 38.8 Å². The molecule has 0 bridgehead atoms. The van der Waals surface area contributed by atoms with Gasteiger partial charge in [0.1, 0.15) is 0 Å². The third-order valence-corrected chi connectivity index (χ3v) is 3.99. The van der Waals surface area contributed by atoms with Crippen molar-refractivity contribution in [2.75, 3.05) is 27.2 Å². The van der Waals surface area contributed by atoms with Crippen molar-refractivity contribution in [3.05, 3.63) is 18.2 Å². The van der Waals surface area contributed by atoms with Crippen LogP contribution in [0.4, 0.5) is 0 Å². The lowest BCUT2D eigenvalue weighted by atomic mass is 9.87. The molecule has 18 heavy (non-hydrogen) atoms. The van der Waals surface area contributed by atoms with Gasteiger partial charge in [-0.25, -0.2) is 4.98 Å². The summed E-state index contributed by atoms with van der Waals surface area (Å²) in [5.41, 5.74) is 1.39. The van der Waals surface area contributed by atoms with E-state index in [0.717, 1.165) is 19.5 Å². The molecule has 2 unspecified atom stereocenters. The maximum absolute atomic E-state index is 4.36. The fourth-order valence-corrected chi connectivity index (χ4v) is 3.21. The number of likely N-dealkylation sites (tertiary alicyclic amines) is 1. The highest BCUT2D eigenvalue weighted by Gasteiger charge is 2.31. The minimum absolute atomic E-state index is 0.514. The first-order chi connectivity index (χ1) is 8.77. The predicted molar refractivity (Wildman–Crippen MR) is 74.5 cm³/mol. The van der Waals surface area contributed by atoms with Gasteiger partial charge in [0.25, 0.3) is 0 Å². The van der Waals surface area contributed by atoms with Crippen molar-refractivity contribution in [1.82, 2.24) is 19.8 Å². The Balaban J connectivity index is 2.22. The molecule has 0 spiro atoms. The lowest BCUT2D eigenvalue weighted by molar-refractivity contribution is 0.114. The van der Waals surface area contributed by atoms with Crippen LogP contribution in [0.15, 0.2) is 12.5 Å². The standard InChI is InChI=1S/C14H26N4/c1-4-7-18-11-16-10-13(18)14-12(9-15-2)6-5-8-17(14)3/h10-12,14-15H,4-9H2,1-3H3. The SMILES string of the molecule is CCCn1cncc1C1C(CNC)CCCN1C. The smallest absolute Gasteiger partial charge is 0.0948 e. The number of hydrogen-bond donors (Lipinski definition) is 1. The quantitative estimate of drug-likeness (QED) is 0.866. The van der Waals surface area contributed by atoms with Crippen LogP contribution in [0.5, 0.6) is 0 Å². The van der Waals surface area contributed by atoms with Gasteiger partial charge in [0.05, 0.1) is 18.1 Å². The summed E-state index contributed by atoms with van der Waals surface area (Å²) in [6.07, 6.45) is 7.83. The van der Waals surface area contributed by atoms with Gasteiger partial charge in [0.2, 0.25) is 0 Å². The van der Waals surface area contributed by atoms with Gasteiger partial charge in [-0.1, -0.05) is 6.92 Å². The summed E-state index contributed by atoms with van der Waals surface area (Å²) in [5, 5.41) is 3.35. The maximum atomic E-state index is 4.36. The summed E-state index contributed by atoms with van der Waals surface area (Å²) in [5.74, 6) is 0.695. The highest BCUT2D eigenvalue weighted by atomic mass is 15.2. The third-order valence-electron chi connectivity index (χ3n) is 3.99. The molecule has 1 aliphatic heterocycles. The van der Waals surface area contributed by atoms with Crippen LogP contribution in [0.25, 0.3) is 0 Å². The minimum Gasteiger partial charge on any atom is -0.333 e. The fraction of sp³-hybridized carbons (Fsp3) is 0.786. The monoisotopic (exact) mass is 250 g/mol. The van der Waals surface area contributed by atoms with E-state index in [4.69, 9.17) is 0 Å². The van der Waals surface area contributed by atoms with Gasteiger partial charge in [0, 0.05) is 12.7 Å². The van der Waals surface area contributed by atoms with Crippen LogP contribution in [-0.4, -0.2) is 41.6 Å². The molecule has 2 rings (SSSR count). The largest absolute Gasteiger partial charge is 0.333 e. The van der Waals surface area contributed by atoms with E-state index in [2.05, 4.69) is 47.0 Å². The van der Waals surface area contributed by atoms with E-state index < -0.39 is 0 Å². The average molecular weight is 250 g/mol. The van der Waals surface area contributed by atoms with E-state index in [1.165, 1.54) is 25.1 Å². The van der Waals surface area contributed by atoms with Gasteiger partial charge in [0.15, 0.2) is 0 Å². The van der Waals surface area contributed by atoms with Gasteiger partial charge in [-0.2, -0.15) is 0 Å². The zero-order valence-electron chi connectivity index (χ0n) is 11.9. The second-order valence-electron chi connectivity index (χ2n) is 5.40. The number of aromatic nitrogens is 2. The first-order valence-electron chi connectivity index (χ1n) is 7.12. The van der Waals surface area contributed by atoms with E-state index in [9.17, 15) is 0 Å². The molecule has 1 aliphatic rings. The Morgan fingerprint density at radius 3 is 3.06 bits per heavy atom. The van der Waals surface area contributed by atoms with E-state index in [-0.39, 0.29) is 0 Å².